The van der Waals surface area contributed by atoms with Crippen LogP contribution in [0, 0.1) is 5.41 Å². The molecule has 0 radical (unpaired) electrons. The van der Waals surface area contributed by atoms with E-state index in [0.29, 0.717) is 11.5 Å². The van der Waals surface area contributed by atoms with Crippen molar-refractivity contribution >= 4 is 32.2 Å². The van der Waals surface area contributed by atoms with Crippen molar-refractivity contribution < 1.29 is 13.5 Å². The van der Waals surface area contributed by atoms with Gasteiger partial charge < -0.3 is 16.2 Å². The van der Waals surface area contributed by atoms with Gasteiger partial charge in [0, 0.05) is 18.6 Å². The van der Waals surface area contributed by atoms with Crippen LogP contribution in [0.5, 0.6) is 0 Å². The lowest BCUT2D eigenvalue weighted by atomic mass is 9.95. The van der Waals surface area contributed by atoms with Gasteiger partial charge in [0.25, 0.3) is 0 Å². The van der Waals surface area contributed by atoms with Crippen LogP contribution in [0.4, 0.5) is 10.8 Å². The number of rotatable bonds is 6. The molecule has 18 heavy (non-hydrogen) atoms. The predicted molar refractivity (Wildman–Crippen MR) is 73.6 cm³/mol. The SMILES string of the molecule is CCS(=O)(=O)c1c(N)nsc1NCC(C)(C)CO. The highest BCUT2D eigenvalue weighted by atomic mass is 32.2. The monoisotopic (exact) mass is 293 g/mol. The molecule has 0 aliphatic heterocycles. The van der Waals surface area contributed by atoms with E-state index in [4.69, 9.17) is 10.8 Å². The van der Waals surface area contributed by atoms with Crippen molar-refractivity contribution in [1.29, 1.82) is 0 Å². The zero-order valence-corrected chi connectivity index (χ0v) is 12.4. The molecular formula is C10H19N3O3S2. The summed E-state index contributed by atoms with van der Waals surface area (Å²) in [6.07, 6.45) is 0. The van der Waals surface area contributed by atoms with Gasteiger partial charge >= 0.3 is 0 Å². The van der Waals surface area contributed by atoms with Crippen LogP contribution in [0.3, 0.4) is 0 Å². The van der Waals surface area contributed by atoms with Gasteiger partial charge in [-0.1, -0.05) is 20.8 Å². The van der Waals surface area contributed by atoms with Crippen molar-refractivity contribution in [2.75, 3.05) is 30.0 Å². The molecule has 0 aliphatic carbocycles. The number of aromatic nitrogens is 1. The molecule has 1 aromatic rings. The van der Waals surface area contributed by atoms with Crippen molar-refractivity contribution in [1.82, 2.24) is 4.37 Å². The Labute approximate surface area is 111 Å². The fraction of sp³-hybridized carbons (Fsp3) is 0.700. The molecule has 1 rings (SSSR count). The first-order valence-corrected chi connectivity index (χ1v) is 7.98. The van der Waals surface area contributed by atoms with E-state index in [1.54, 1.807) is 6.92 Å². The van der Waals surface area contributed by atoms with Gasteiger partial charge in [-0.15, -0.1) is 0 Å². The second kappa shape index (κ2) is 5.41. The topological polar surface area (TPSA) is 105 Å². The number of nitrogens with zero attached hydrogens (tertiary/aromatic N) is 1. The number of aliphatic hydroxyl groups is 1. The lowest BCUT2D eigenvalue weighted by molar-refractivity contribution is 0.171. The second-order valence-corrected chi connectivity index (χ2v) is 7.79. The maximum atomic E-state index is 11.9. The van der Waals surface area contributed by atoms with Gasteiger partial charge in [0.05, 0.1) is 5.75 Å². The third-order valence-corrected chi connectivity index (χ3v) is 5.26. The van der Waals surface area contributed by atoms with Crippen LogP contribution in [0.15, 0.2) is 4.90 Å². The highest BCUT2D eigenvalue weighted by molar-refractivity contribution is 7.91. The molecule has 0 atom stereocenters. The van der Waals surface area contributed by atoms with Gasteiger partial charge in [0.2, 0.25) is 0 Å². The summed E-state index contributed by atoms with van der Waals surface area (Å²) in [5.74, 6) is 0.0133. The zero-order chi connectivity index (χ0) is 14.0. The molecule has 0 bridgehead atoms. The molecule has 0 amide bonds. The van der Waals surface area contributed by atoms with E-state index < -0.39 is 9.84 Å². The van der Waals surface area contributed by atoms with Crippen LogP contribution in [-0.4, -0.2) is 36.8 Å². The first kappa shape index (κ1) is 15.2. The van der Waals surface area contributed by atoms with Gasteiger partial charge in [-0.3, -0.25) is 0 Å². The van der Waals surface area contributed by atoms with Crippen LogP contribution in [0.2, 0.25) is 0 Å². The fourth-order valence-corrected chi connectivity index (χ4v) is 3.39. The highest BCUT2D eigenvalue weighted by Gasteiger charge is 2.25. The van der Waals surface area contributed by atoms with E-state index in [0.717, 1.165) is 11.5 Å². The summed E-state index contributed by atoms with van der Waals surface area (Å²) in [4.78, 5) is 0.0729. The minimum absolute atomic E-state index is 0.00411. The lowest BCUT2D eigenvalue weighted by Gasteiger charge is -2.22. The quantitative estimate of drug-likeness (QED) is 0.721. The molecule has 104 valence electrons. The Balaban J connectivity index is 2.99. The van der Waals surface area contributed by atoms with Crippen molar-refractivity contribution in [3.63, 3.8) is 0 Å². The summed E-state index contributed by atoms with van der Waals surface area (Å²) in [6.45, 7) is 5.76. The van der Waals surface area contributed by atoms with Crippen LogP contribution in [0.1, 0.15) is 20.8 Å². The van der Waals surface area contributed by atoms with Crippen molar-refractivity contribution in [2.24, 2.45) is 5.41 Å². The molecule has 0 unspecified atom stereocenters. The Morgan fingerprint density at radius 1 is 1.50 bits per heavy atom. The van der Waals surface area contributed by atoms with E-state index in [1.807, 2.05) is 13.8 Å². The molecule has 4 N–H and O–H groups in total. The van der Waals surface area contributed by atoms with Crippen LogP contribution in [-0.2, 0) is 9.84 Å². The van der Waals surface area contributed by atoms with Crippen molar-refractivity contribution in [2.45, 2.75) is 25.7 Å². The summed E-state index contributed by atoms with van der Waals surface area (Å²) in [6, 6.07) is 0. The number of nitrogens with two attached hydrogens (primary N) is 1. The molecule has 0 spiro atoms. The third-order valence-electron chi connectivity index (χ3n) is 2.52. The highest BCUT2D eigenvalue weighted by Crippen LogP contribution is 2.33. The van der Waals surface area contributed by atoms with Gasteiger partial charge in [-0.25, -0.2) is 8.42 Å². The van der Waals surface area contributed by atoms with Crippen molar-refractivity contribution in [3.8, 4) is 0 Å². The number of sulfone groups is 1. The molecule has 1 heterocycles. The zero-order valence-electron chi connectivity index (χ0n) is 10.7. The molecule has 6 nitrogen and oxygen atoms in total. The van der Waals surface area contributed by atoms with Gasteiger partial charge in [0.1, 0.15) is 9.90 Å². The van der Waals surface area contributed by atoms with E-state index >= 15 is 0 Å². The third kappa shape index (κ3) is 3.33. The van der Waals surface area contributed by atoms with E-state index in [9.17, 15) is 8.42 Å². The van der Waals surface area contributed by atoms with E-state index in [1.165, 1.54) is 0 Å². The Morgan fingerprint density at radius 3 is 2.61 bits per heavy atom. The van der Waals surface area contributed by atoms with Crippen LogP contribution in [0.25, 0.3) is 0 Å². The average molecular weight is 293 g/mol. The largest absolute Gasteiger partial charge is 0.396 e. The molecule has 0 fully saturated rings. The molecular weight excluding hydrogens is 274 g/mol. The number of hydrogen-bond acceptors (Lipinski definition) is 7. The normalized spacial score (nSPS) is 12.7. The summed E-state index contributed by atoms with van der Waals surface area (Å²) in [5.41, 5.74) is 5.26. The minimum atomic E-state index is -3.39. The summed E-state index contributed by atoms with van der Waals surface area (Å²) < 4.78 is 27.7. The predicted octanol–water partition coefficient (Wildman–Crippen LogP) is 0.949. The fourth-order valence-electron chi connectivity index (χ4n) is 1.23. The number of anilines is 2. The van der Waals surface area contributed by atoms with Gasteiger partial charge in [0.15, 0.2) is 15.7 Å². The summed E-state index contributed by atoms with van der Waals surface area (Å²) >= 11 is 1.02. The molecule has 0 aliphatic rings. The molecule has 0 aromatic carbocycles. The molecule has 0 saturated heterocycles. The first-order chi connectivity index (χ1) is 8.23. The van der Waals surface area contributed by atoms with E-state index in [2.05, 4.69) is 9.69 Å². The second-order valence-electron chi connectivity index (χ2n) is 4.81. The lowest BCUT2D eigenvalue weighted by Crippen LogP contribution is -2.27. The molecule has 8 heteroatoms. The van der Waals surface area contributed by atoms with E-state index in [-0.39, 0.29) is 28.5 Å². The van der Waals surface area contributed by atoms with Crippen LogP contribution >= 0.6 is 11.5 Å². The Kier molecular flexibility index (Phi) is 4.57. The standard InChI is InChI=1S/C10H19N3O3S2/c1-4-18(15,16)7-8(11)13-17-9(7)12-5-10(2,3)6-14/h12,14H,4-6H2,1-3H3,(H2,11,13). The summed E-state index contributed by atoms with van der Waals surface area (Å²) in [5, 5.41) is 12.6. The van der Waals surface area contributed by atoms with Crippen molar-refractivity contribution in [3.05, 3.63) is 0 Å². The maximum Gasteiger partial charge on any atom is 0.184 e. The number of hydrogen-bond donors (Lipinski definition) is 3. The van der Waals surface area contributed by atoms with Gasteiger partial charge in [-0.05, 0) is 11.5 Å². The smallest absolute Gasteiger partial charge is 0.184 e. The molecule has 1 aromatic heterocycles. The Hall–Kier alpha value is -0.860. The number of aliphatic hydroxyl groups excluding tert-OH is 1. The Morgan fingerprint density at radius 2 is 2.11 bits per heavy atom. The first-order valence-electron chi connectivity index (χ1n) is 5.56. The summed E-state index contributed by atoms with van der Waals surface area (Å²) in [7, 11) is -3.39. The number of nitrogens with one attached hydrogen (secondary N) is 1. The van der Waals surface area contributed by atoms with Gasteiger partial charge in [-0.2, -0.15) is 4.37 Å². The Bertz CT molecular complexity index is 508. The average Bonchev–Trinajstić information content (AvgIpc) is 2.69. The number of nitrogen functional groups attached to an aromatic ring is 1. The maximum absolute atomic E-state index is 11.9. The molecule has 0 saturated carbocycles. The minimum Gasteiger partial charge on any atom is -0.396 e. The van der Waals surface area contributed by atoms with Crippen LogP contribution < -0.4 is 11.1 Å².